The minimum atomic E-state index is -0.914. The number of fused-ring (bicyclic) bond motifs is 1. The van der Waals surface area contributed by atoms with Crippen LogP contribution in [0, 0.1) is 0 Å². The maximum absolute atomic E-state index is 12.7. The third-order valence-electron chi connectivity index (χ3n) is 5.23. The Morgan fingerprint density at radius 1 is 1.14 bits per heavy atom. The standard InChI is InChI=1S/C19H26BN3O5/c1-14(24)21-12-18(26)23-9-3-8-22(10-11-23)17(25)7-6-15-4-2-5-16-13-28-20(27)19(15)16/h2,4-5,27H,3,6-13H2,1H3,(H,21,24). The molecule has 150 valence electrons. The third-order valence-corrected chi connectivity index (χ3v) is 5.23. The maximum atomic E-state index is 12.7. The fraction of sp³-hybridized carbons (Fsp3) is 0.526. The molecule has 9 heteroatoms. The topological polar surface area (TPSA) is 99.2 Å². The molecule has 0 aliphatic carbocycles. The molecule has 0 spiro atoms. The molecule has 0 atom stereocenters. The number of rotatable bonds is 5. The van der Waals surface area contributed by atoms with Crippen molar-refractivity contribution >= 4 is 30.3 Å². The summed E-state index contributed by atoms with van der Waals surface area (Å²) in [7, 11) is -0.914. The zero-order chi connectivity index (χ0) is 20.1. The van der Waals surface area contributed by atoms with Crippen molar-refractivity contribution in [3.8, 4) is 0 Å². The summed E-state index contributed by atoms with van der Waals surface area (Å²) < 4.78 is 5.27. The lowest BCUT2D eigenvalue weighted by atomic mass is 9.75. The zero-order valence-electron chi connectivity index (χ0n) is 16.1. The lowest BCUT2D eigenvalue weighted by Gasteiger charge is -2.22. The molecule has 0 unspecified atom stereocenters. The van der Waals surface area contributed by atoms with Crippen LogP contribution in [0.3, 0.4) is 0 Å². The molecule has 2 aliphatic heterocycles. The van der Waals surface area contributed by atoms with Gasteiger partial charge in [0.15, 0.2) is 0 Å². The minimum Gasteiger partial charge on any atom is -0.423 e. The highest BCUT2D eigenvalue weighted by Gasteiger charge is 2.30. The predicted molar refractivity (Wildman–Crippen MR) is 104 cm³/mol. The average Bonchev–Trinajstić information content (AvgIpc) is 2.91. The van der Waals surface area contributed by atoms with E-state index >= 15 is 0 Å². The Bertz CT molecular complexity index is 757. The first kappa shape index (κ1) is 20.4. The van der Waals surface area contributed by atoms with Gasteiger partial charge in [0, 0.05) is 39.5 Å². The molecule has 0 radical (unpaired) electrons. The van der Waals surface area contributed by atoms with Crippen molar-refractivity contribution in [3.05, 3.63) is 29.3 Å². The fourth-order valence-corrected chi connectivity index (χ4v) is 3.71. The van der Waals surface area contributed by atoms with Gasteiger partial charge in [-0.2, -0.15) is 0 Å². The summed E-state index contributed by atoms with van der Waals surface area (Å²) in [6, 6.07) is 5.78. The van der Waals surface area contributed by atoms with Gasteiger partial charge in [-0.05, 0) is 29.4 Å². The molecule has 0 aromatic heterocycles. The summed E-state index contributed by atoms with van der Waals surface area (Å²) in [5, 5.41) is 12.5. The SMILES string of the molecule is CC(=O)NCC(=O)N1CCCN(C(=O)CCc2cccc3c2B(O)OC3)CC1. The average molecular weight is 387 g/mol. The van der Waals surface area contributed by atoms with Crippen molar-refractivity contribution in [1.29, 1.82) is 0 Å². The van der Waals surface area contributed by atoms with Crippen LogP contribution in [0.4, 0.5) is 0 Å². The Balaban J connectivity index is 1.51. The molecule has 2 aliphatic rings. The molecule has 3 rings (SSSR count). The van der Waals surface area contributed by atoms with Crippen LogP contribution in [0.1, 0.15) is 30.9 Å². The highest BCUT2D eigenvalue weighted by atomic mass is 16.5. The summed E-state index contributed by atoms with van der Waals surface area (Å²) in [5.74, 6) is -0.316. The van der Waals surface area contributed by atoms with E-state index in [1.807, 2.05) is 18.2 Å². The molecule has 0 saturated carbocycles. The second kappa shape index (κ2) is 9.21. The second-order valence-electron chi connectivity index (χ2n) is 7.18. The third kappa shape index (κ3) is 4.91. The molecule has 1 aromatic rings. The number of amides is 3. The largest absolute Gasteiger partial charge is 0.492 e. The van der Waals surface area contributed by atoms with Gasteiger partial charge < -0.3 is 24.8 Å². The molecule has 2 heterocycles. The number of aryl methyl sites for hydroxylation is 1. The van der Waals surface area contributed by atoms with Crippen molar-refractivity contribution in [2.45, 2.75) is 32.8 Å². The van der Waals surface area contributed by atoms with E-state index in [4.69, 9.17) is 4.65 Å². The molecule has 1 saturated heterocycles. The number of hydrogen-bond acceptors (Lipinski definition) is 5. The molecule has 1 fully saturated rings. The van der Waals surface area contributed by atoms with Crippen molar-refractivity contribution in [2.75, 3.05) is 32.7 Å². The summed E-state index contributed by atoms with van der Waals surface area (Å²) in [6.45, 7) is 3.92. The Hall–Kier alpha value is -2.39. The first-order valence-corrected chi connectivity index (χ1v) is 9.66. The van der Waals surface area contributed by atoms with Gasteiger partial charge in [-0.1, -0.05) is 18.2 Å². The molecule has 28 heavy (non-hydrogen) atoms. The second-order valence-corrected chi connectivity index (χ2v) is 7.18. The minimum absolute atomic E-state index is 0.00715. The van der Waals surface area contributed by atoms with Gasteiger partial charge in [0.2, 0.25) is 17.7 Å². The monoisotopic (exact) mass is 387 g/mol. The van der Waals surface area contributed by atoms with Gasteiger partial charge in [0.1, 0.15) is 0 Å². The summed E-state index contributed by atoms with van der Waals surface area (Å²) in [6.07, 6.45) is 1.61. The van der Waals surface area contributed by atoms with Crippen LogP contribution in [0.5, 0.6) is 0 Å². The van der Waals surface area contributed by atoms with Crippen LogP contribution in [-0.2, 0) is 32.1 Å². The zero-order valence-corrected chi connectivity index (χ0v) is 16.1. The van der Waals surface area contributed by atoms with Crippen LogP contribution in [0.15, 0.2) is 18.2 Å². The lowest BCUT2D eigenvalue weighted by molar-refractivity contribution is -0.133. The van der Waals surface area contributed by atoms with Crippen LogP contribution in [0.25, 0.3) is 0 Å². The van der Waals surface area contributed by atoms with Crippen LogP contribution in [-0.4, -0.2) is 72.4 Å². The molecule has 1 aromatic carbocycles. The predicted octanol–water partition coefficient (Wildman–Crippen LogP) is -0.966. The lowest BCUT2D eigenvalue weighted by Crippen LogP contribution is -2.42. The van der Waals surface area contributed by atoms with Gasteiger partial charge in [-0.15, -0.1) is 0 Å². The quantitative estimate of drug-likeness (QED) is 0.634. The Morgan fingerprint density at radius 2 is 1.86 bits per heavy atom. The van der Waals surface area contributed by atoms with Crippen LogP contribution < -0.4 is 10.8 Å². The number of nitrogens with one attached hydrogen (secondary N) is 1. The van der Waals surface area contributed by atoms with Crippen molar-refractivity contribution < 1.29 is 24.1 Å². The molecule has 3 amide bonds. The van der Waals surface area contributed by atoms with E-state index in [2.05, 4.69) is 5.32 Å². The van der Waals surface area contributed by atoms with Gasteiger partial charge in [0.25, 0.3) is 0 Å². The Labute approximate surface area is 165 Å². The highest BCUT2D eigenvalue weighted by Crippen LogP contribution is 2.15. The van der Waals surface area contributed by atoms with Crippen LogP contribution in [0.2, 0.25) is 0 Å². The fourth-order valence-electron chi connectivity index (χ4n) is 3.71. The normalized spacial score (nSPS) is 16.6. The molecule has 2 N–H and O–H groups in total. The van der Waals surface area contributed by atoms with E-state index in [0.717, 1.165) is 16.6 Å². The van der Waals surface area contributed by atoms with E-state index in [1.165, 1.54) is 6.92 Å². The van der Waals surface area contributed by atoms with Gasteiger partial charge >= 0.3 is 7.12 Å². The summed E-state index contributed by atoms with van der Waals surface area (Å²) >= 11 is 0. The maximum Gasteiger partial charge on any atom is 0.492 e. The van der Waals surface area contributed by atoms with E-state index < -0.39 is 7.12 Å². The van der Waals surface area contributed by atoms with E-state index in [1.54, 1.807) is 9.80 Å². The molecular formula is C19H26BN3O5. The summed E-state index contributed by atoms with van der Waals surface area (Å²) in [5.41, 5.74) is 2.71. The van der Waals surface area contributed by atoms with Gasteiger partial charge in [0.05, 0.1) is 13.2 Å². The first-order valence-electron chi connectivity index (χ1n) is 9.66. The van der Waals surface area contributed by atoms with E-state index in [-0.39, 0.29) is 24.3 Å². The molecule has 8 nitrogen and oxygen atoms in total. The van der Waals surface area contributed by atoms with E-state index in [9.17, 15) is 19.4 Å². The Morgan fingerprint density at radius 3 is 2.57 bits per heavy atom. The summed E-state index contributed by atoms with van der Waals surface area (Å²) in [4.78, 5) is 39.3. The van der Waals surface area contributed by atoms with Crippen molar-refractivity contribution in [3.63, 3.8) is 0 Å². The number of carbonyl (C=O) groups is 3. The van der Waals surface area contributed by atoms with Gasteiger partial charge in [-0.3, -0.25) is 14.4 Å². The highest BCUT2D eigenvalue weighted by molar-refractivity contribution is 6.62. The molecule has 0 bridgehead atoms. The number of benzene rings is 1. The van der Waals surface area contributed by atoms with Crippen molar-refractivity contribution in [2.24, 2.45) is 0 Å². The smallest absolute Gasteiger partial charge is 0.423 e. The van der Waals surface area contributed by atoms with Gasteiger partial charge in [-0.25, -0.2) is 0 Å². The number of nitrogens with zero attached hydrogens (tertiary/aromatic N) is 2. The van der Waals surface area contributed by atoms with Crippen molar-refractivity contribution in [1.82, 2.24) is 15.1 Å². The van der Waals surface area contributed by atoms with Crippen LogP contribution >= 0.6 is 0 Å². The first-order chi connectivity index (χ1) is 13.5. The Kier molecular flexibility index (Phi) is 6.69. The van der Waals surface area contributed by atoms with E-state index in [0.29, 0.717) is 52.0 Å². The number of carbonyl (C=O) groups excluding carboxylic acids is 3. The molecular weight excluding hydrogens is 361 g/mol. The number of hydrogen-bond donors (Lipinski definition) is 2.